The van der Waals surface area contributed by atoms with Crippen molar-refractivity contribution >= 4 is 79.5 Å². The van der Waals surface area contributed by atoms with Crippen molar-refractivity contribution in [2.24, 2.45) is 0 Å². The zero-order valence-corrected chi connectivity index (χ0v) is 20.6. The average Bonchev–Trinajstić information content (AvgIpc) is 3.16. The monoisotopic (exact) mass is 637 g/mol. The molecule has 0 aliphatic carbocycles. The molecule has 0 radical (unpaired) electrons. The number of rotatable bonds is 5. The summed E-state index contributed by atoms with van der Waals surface area (Å²) in [6.07, 6.45) is 1.83. The van der Waals surface area contributed by atoms with Gasteiger partial charge >= 0.3 is 0 Å². The number of benzene rings is 3. The van der Waals surface area contributed by atoms with Crippen LogP contribution in [-0.4, -0.2) is 9.97 Å². The Balaban J connectivity index is 1.61. The summed E-state index contributed by atoms with van der Waals surface area (Å²) in [7, 11) is 0. The van der Waals surface area contributed by atoms with Crippen molar-refractivity contribution in [3.8, 4) is 11.8 Å². The molecule has 30 heavy (non-hydrogen) atoms. The Morgan fingerprint density at radius 2 is 1.80 bits per heavy atom. The van der Waals surface area contributed by atoms with Gasteiger partial charge in [-0.15, -0.1) is 0 Å². The number of fused-ring (bicyclic) bond motifs is 1. The van der Waals surface area contributed by atoms with Crippen LogP contribution in [-0.2, 0) is 6.61 Å². The summed E-state index contributed by atoms with van der Waals surface area (Å²) >= 11 is 10.7. The van der Waals surface area contributed by atoms with Gasteiger partial charge < -0.3 is 9.72 Å². The van der Waals surface area contributed by atoms with E-state index in [0.717, 1.165) is 35.1 Å². The van der Waals surface area contributed by atoms with Crippen LogP contribution in [0.2, 0.25) is 5.02 Å². The number of aromatic nitrogens is 2. The lowest BCUT2D eigenvalue weighted by molar-refractivity contribution is 0.302. The van der Waals surface area contributed by atoms with Gasteiger partial charge in [-0.2, -0.15) is 5.26 Å². The molecule has 1 heterocycles. The molecule has 0 atom stereocenters. The van der Waals surface area contributed by atoms with Gasteiger partial charge in [0.15, 0.2) is 0 Å². The molecule has 1 aromatic heterocycles. The van der Waals surface area contributed by atoms with Crippen molar-refractivity contribution < 1.29 is 4.74 Å². The van der Waals surface area contributed by atoms with Crippen molar-refractivity contribution in [2.45, 2.75) is 6.61 Å². The first-order valence-corrected chi connectivity index (χ1v) is 11.5. The molecule has 0 spiro atoms. The highest BCUT2D eigenvalue weighted by atomic mass is 127. The number of nitriles is 1. The number of aromatic amines is 1. The van der Waals surface area contributed by atoms with Crippen molar-refractivity contribution in [3.05, 3.63) is 89.8 Å². The zero-order valence-electron chi connectivity index (χ0n) is 15.5. The van der Waals surface area contributed by atoms with Gasteiger partial charge in [0.2, 0.25) is 0 Å². The number of nitrogens with zero attached hydrogens (tertiary/aromatic N) is 2. The number of nitrogens with one attached hydrogen (secondary N) is 1. The molecular formula is C23H14ClI2N3O. The third-order valence-corrected chi connectivity index (χ3v) is 6.40. The van der Waals surface area contributed by atoms with Gasteiger partial charge in [-0.3, -0.25) is 0 Å². The first-order valence-electron chi connectivity index (χ1n) is 8.97. The second-order valence-electron chi connectivity index (χ2n) is 6.47. The van der Waals surface area contributed by atoms with E-state index in [9.17, 15) is 5.26 Å². The highest BCUT2D eigenvalue weighted by Gasteiger charge is 2.12. The molecule has 0 unspecified atom stereocenters. The Labute approximate surface area is 206 Å². The van der Waals surface area contributed by atoms with Gasteiger partial charge in [-0.1, -0.05) is 41.9 Å². The summed E-state index contributed by atoms with van der Waals surface area (Å²) < 4.78 is 7.96. The number of allylic oxidation sites excluding steroid dienone is 1. The van der Waals surface area contributed by atoms with Gasteiger partial charge in [0.05, 0.1) is 23.7 Å². The van der Waals surface area contributed by atoms with E-state index in [0.29, 0.717) is 23.0 Å². The van der Waals surface area contributed by atoms with E-state index in [1.54, 1.807) is 0 Å². The Morgan fingerprint density at radius 3 is 2.50 bits per heavy atom. The Morgan fingerprint density at radius 1 is 1.10 bits per heavy atom. The summed E-state index contributed by atoms with van der Waals surface area (Å²) in [5.41, 5.74) is 4.06. The predicted molar refractivity (Wildman–Crippen MR) is 137 cm³/mol. The Kier molecular flexibility index (Phi) is 6.61. The summed E-state index contributed by atoms with van der Waals surface area (Å²) in [4.78, 5) is 7.73. The molecule has 0 bridgehead atoms. The molecule has 0 saturated heterocycles. The molecule has 0 fully saturated rings. The fourth-order valence-electron chi connectivity index (χ4n) is 2.97. The van der Waals surface area contributed by atoms with Crippen LogP contribution >= 0.6 is 56.8 Å². The third-order valence-electron chi connectivity index (χ3n) is 4.43. The number of hydrogen-bond donors (Lipinski definition) is 1. The largest absolute Gasteiger partial charge is 0.487 e. The molecule has 0 aliphatic rings. The summed E-state index contributed by atoms with van der Waals surface area (Å²) in [5, 5.41) is 10.4. The second-order valence-corrected chi connectivity index (χ2v) is 9.20. The first-order chi connectivity index (χ1) is 14.5. The van der Waals surface area contributed by atoms with E-state index in [1.807, 2.05) is 66.7 Å². The van der Waals surface area contributed by atoms with E-state index in [1.165, 1.54) is 0 Å². The van der Waals surface area contributed by atoms with Crippen LogP contribution in [0.1, 0.15) is 17.0 Å². The van der Waals surface area contributed by atoms with E-state index < -0.39 is 0 Å². The SMILES string of the molecule is N#C/C(=C/c1cc(I)c(OCc2ccccc2Cl)c(I)c1)c1nc2ccccc2[nH]1. The molecule has 4 nitrogen and oxygen atoms in total. The van der Waals surface area contributed by atoms with E-state index in [2.05, 4.69) is 61.2 Å². The Hall–Kier alpha value is -2.09. The lowest BCUT2D eigenvalue weighted by atomic mass is 10.1. The second kappa shape index (κ2) is 9.37. The fraction of sp³-hybridized carbons (Fsp3) is 0.0435. The zero-order chi connectivity index (χ0) is 21.1. The minimum absolute atomic E-state index is 0.392. The van der Waals surface area contributed by atoms with E-state index in [4.69, 9.17) is 16.3 Å². The average molecular weight is 638 g/mol. The molecule has 0 saturated carbocycles. The minimum atomic E-state index is 0.392. The van der Waals surface area contributed by atoms with Crippen molar-refractivity contribution in [1.82, 2.24) is 9.97 Å². The van der Waals surface area contributed by atoms with Crippen LogP contribution in [0.15, 0.2) is 60.7 Å². The quantitative estimate of drug-likeness (QED) is 0.188. The van der Waals surface area contributed by atoms with Gasteiger partial charge in [-0.05, 0) is 87.2 Å². The highest BCUT2D eigenvalue weighted by molar-refractivity contribution is 14.1. The normalized spacial score (nSPS) is 11.5. The van der Waals surface area contributed by atoms with Gasteiger partial charge in [0.25, 0.3) is 0 Å². The Bertz CT molecular complexity index is 1250. The lowest BCUT2D eigenvalue weighted by Gasteiger charge is -2.12. The molecule has 7 heteroatoms. The van der Waals surface area contributed by atoms with E-state index in [-0.39, 0.29) is 0 Å². The molecule has 3 aromatic carbocycles. The topological polar surface area (TPSA) is 61.7 Å². The number of ether oxygens (including phenoxy) is 1. The number of hydrogen-bond acceptors (Lipinski definition) is 3. The maximum absolute atomic E-state index is 9.68. The van der Waals surface area contributed by atoms with Crippen LogP contribution in [0.25, 0.3) is 22.7 Å². The smallest absolute Gasteiger partial charge is 0.149 e. The summed E-state index contributed by atoms with van der Waals surface area (Å²) in [6.45, 7) is 0.392. The van der Waals surface area contributed by atoms with Crippen molar-refractivity contribution in [3.63, 3.8) is 0 Å². The van der Waals surface area contributed by atoms with E-state index >= 15 is 0 Å². The molecule has 148 valence electrons. The summed E-state index contributed by atoms with van der Waals surface area (Å²) in [6, 6.07) is 21.6. The maximum Gasteiger partial charge on any atom is 0.149 e. The standard InChI is InChI=1S/C23H14ClI2N3O/c24-17-6-2-1-5-15(17)13-30-22-18(25)10-14(11-19(22)26)9-16(12-27)23-28-20-7-3-4-8-21(20)29-23/h1-11H,13H2,(H,28,29)/b16-9-. The molecular weight excluding hydrogens is 624 g/mol. The predicted octanol–water partition coefficient (Wildman–Crippen LogP) is 7.07. The van der Waals surface area contributed by atoms with Crippen LogP contribution in [0.4, 0.5) is 0 Å². The minimum Gasteiger partial charge on any atom is -0.487 e. The van der Waals surface area contributed by atoms with Gasteiger partial charge in [0.1, 0.15) is 24.3 Å². The number of imidazole rings is 1. The lowest BCUT2D eigenvalue weighted by Crippen LogP contribution is -2.00. The van der Waals surface area contributed by atoms with Crippen LogP contribution in [0, 0.1) is 18.5 Å². The van der Waals surface area contributed by atoms with Gasteiger partial charge in [0, 0.05) is 10.6 Å². The molecule has 1 N–H and O–H groups in total. The molecule has 0 aliphatic heterocycles. The fourth-order valence-corrected chi connectivity index (χ4v) is 5.28. The number of halogens is 3. The molecule has 0 amide bonds. The van der Waals surface area contributed by atoms with Crippen LogP contribution in [0.5, 0.6) is 5.75 Å². The van der Waals surface area contributed by atoms with Gasteiger partial charge in [-0.25, -0.2) is 4.98 Å². The first kappa shape index (κ1) is 21.2. The number of para-hydroxylation sites is 2. The summed E-state index contributed by atoms with van der Waals surface area (Å²) in [5.74, 6) is 1.36. The molecule has 4 rings (SSSR count). The molecule has 4 aromatic rings. The van der Waals surface area contributed by atoms with Crippen molar-refractivity contribution in [1.29, 1.82) is 5.26 Å². The third kappa shape index (κ3) is 4.63. The van der Waals surface area contributed by atoms with Crippen LogP contribution < -0.4 is 4.74 Å². The maximum atomic E-state index is 9.68. The van der Waals surface area contributed by atoms with Crippen LogP contribution in [0.3, 0.4) is 0 Å². The number of H-pyrrole nitrogens is 1. The van der Waals surface area contributed by atoms with Crippen molar-refractivity contribution in [2.75, 3.05) is 0 Å². The highest BCUT2D eigenvalue weighted by Crippen LogP contribution is 2.31.